The topological polar surface area (TPSA) is 24.7 Å². The Bertz CT molecular complexity index is 345. The van der Waals surface area contributed by atoms with Crippen LogP contribution >= 0.6 is 0 Å². The molecule has 1 atom stereocenters. The van der Waals surface area contributed by atoms with E-state index in [9.17, 15) is 0 Å². The number of dihydropyridines is 1. The zero-order chi connectivity index (χ0) is 9.97. The number of hydrogen-bond donors (Lipinski definition) is 0. The second kappa shape index (κ2) is 3.91. The standard InChI is InChI=1S/C12H16N2/c1-3-11-9(2)6-7-10-5-4-8-13-12(10)14-11/h4-5,8,10H,3,6-7H2,1-2H3. The predicted octanol–water partition coefficient (Wildman–Crippen LogP) is 3.12. The maximum absolute atomic E-state index is 4.64. The first-order valence-corrected chi connectivity index (χ1v) is 5.29. The van der Waals surface area contributed by atoms with E-state index < -0.39 is 0 Å². The van der Waals surface area contributed by atoms with E-state index in [0.717, 1.165) is 25.1 Å². The quantitative estimate of drug-likeness (QED) is 0.604. The van der Waals surface area contributed by atoms with Crippen molar-refractivity contribution < 1.29 is 0 Å². The minimum atomic E-state index is 0.444. The van der Waals surface area contributed by atoms with Crippen LogP contribution in [0.4, 0.5) is 0 Å². The fourth-order valence-corrected chi connectivity index (χ4v) is 1.95. The van der Waals surface area contributed by atoms with Crippen LogP contribution in [0.15, 0.2) is 33.4 Å². The first-order chi connectivity index (χ1) is 6.81. The average molecular weight is 188 g/mol. The van der Waals surface area contributed by atoms with E-state index in [-0.39, 0.29) is 0 Å². The number of nitrogens with zero attached hydrogens (tertiary/aromatic N) is 2. The van der Waals surface area contributed by atoms with Crippen molar-refractivity contribution in [3.8, 4) is 0 Å². The van der Waals surface area contributed by atoms with Crippen molar-refractivity contribution in [3.05, 3.63) is 23.4 Å². The first-order valence-electron chi connectivity index (χ1n) is 5.29. The molecule has 0 bridgehead atoms. The van der Waals surface area contributed by atoms with Gasteiger partial charge in [0.2, 0.25) is 0 Å². The maximum atomic E-state index is 4.64. The summed E-state index contributed by atoms with van der Waals surface area (Å²) >= 11 is 0. The number of hydrogen-bond acceptors (Lipinski definition) is 2. The van der Waals surface area contributed by atoms with Gasteiger partial charge in [-0.3, -0.25) is 0 Å². The molecular formula is C12H16N2. The van der Waals surface area contributed by atoms with Gasteiger partial charge in [0, 0.05) is 17.8 Å². The van der Waals surface area contributed by atoms with Gasteiger partial charge in [0.05, 0.1) is 0 Å². The van der Waals surface area contributed by atoms with E-state index in [2.05, 4.69) is 29.9 Å². The van der Waals surface area contributed by atoms with Gasteiger partial charge in [-0.15, -0.1) is 0 Å². The minimum absolute atomic E-state index is 0.444. The predicted molar refractivity (Wildman–Crippen MR) is 60.8 cm³/mol. The van der Waals surface area contributed by atoms with Crippen LogP contribution in [-0.2, 0) is 0 Å². The molecule has 2 heteroatoms. The van der Waals surface area contributed by atoms with Crippen LogP contribution in [0, 0.1) is 5.92 Å². The molecule has 2 nitrogen and oxygen atoms in total. The van der Waals surface area contributed by atoms with Crippen molar-refractivity contribution in [2.24, 2.45) is 15.9 Å². The van der Waals surface area contributed by atoms with Gasteiger partial charge in [-0.05, 0) is 32.3 Å². The van der Waals surface area contributed by atoms with Crippen molar-refractivity contribution in [3.63, 3.8) is 0 Å². The lowest BCUT2D eigenvalue weighted by molar-refractivity contribution is 0.735. The maximum Gasteiger partial charge on any atom is 0.135 e. The summed E-state index contributed by atoms with van der Waals surface area (Å²) in [6, 6.07) is 0. The summed E-state index contributed by atoms with van der Waals surface area (Å²) in [5.74, 6) is 1.44. The largest absolute Gasteiger partial charge is 0.241 e. The van der Waals surface area contributed by atoms with Crippen molar-refractivity contribution in [1.82, 2.24) is 0 Å². The van der Waals surface area contributed by atoms with Gasteiger partial charge >= 0.3 is 0 Å². The summed E-state index contributed by atoms with van der Waals surface area (Å²) in [6.07, 6.45) is 9.39. The molecule has 0 radical (unpaired) electrons. The Kier molecular flexibility index (Phi) is 2.62. The van der Waals surface area contributed by atoms with E-state index in [0.29, 0.717) is 5.92 Å². The first kappa shape index (κ1) is 9.38. The number of amidine groups is 1. The monoisotopic (exact) mass is 188 g/mol. The normalized spacial score (nSPS) is 25.9. The highest BCUT2D eigenvalue weighted by Gasteiger charge is 2.18. The van der Waals surface area contributed by atoms with Gasteiger partial charge in [0.1, 0.15) is 5.84 Å². The Morgan fingerprint density at radius 1 is 1.50 bits per heavy atom. The Morgan fingerprint density at radius 3 is 3.14 bits per heavy atom. The van der Waals surface area contributed by atoms with Crippen LogP contribution in [0.1, 0.15) is 33.1 Å². The molecule has 2 aliphatic rings. The highest BCUT2D eigenvalue weighted by molar-refractivity contribution is 5.98. The molecule has 0 saturated heterocycles. The second-order valence-corrected chi connectivity index (χ2v) is 3.86. The molecule has 0 aromatic carbocycles. The smallest absolute Gasteiger partial charge is 0.135 e. The van der Waals surface area contributed by atoms with Gasteiger partial charge in [-0.2, -0.15) is 0 Å². The molecule has 0 N–H and O–H groups in total. The number of allylic oxidation sites excluding steroid dienone is 3. The third-order valence-corrected chi connectivity index (χ3v) is 2.88. The summed E-state index contributed by atoms with van der Waals surface area (Å²) in [7, 11) is 0. The number of aliphatic imine (C=N–C) groups is 2. The van der Waals surface area contributed by atoms with Crippen LogP contribution in [0.25, 0.3) is 0 Å². The molecule has 0 aromatic heterocycles. The fraction of sp³-hybridized carbons (Fsp3) is 0.500. The summed E-state index contributed by atoms with van der Waals surface area (Å²) in [5, 5.41) is 0. The zero-order valence-corrected chi connectivity index (χ0v) is 8.83. The van der Waals surface area contributed by atoms with Gasteiger partial charge in [-0.25, -0.2) is 9.98 Å². The van der Waals surface area contributed by atoms with E-state index >= 15 is 0 Å². The number of rotatable bonds is 1. The zero-order valence-electron chi connectivity index (χ0n) is 8.83. The third kappa shape index (κ3) is 1.69. The lowest BCUT2D eigenvalue weighted by atomic mass is 9.98. The summed E-state index contributed by atoms with van der Waals surface area (Å²) in [4.78, 5) is 8.99. The van der Waals surface area contributed by atoms with Crippen LogP contribution in [0.5, 0.6) is 0 Å². The van der Waals surface area contributed by atoms with Crippen molar-refractivity contribution in [2.45, 2.75) is 33.1 Å². The molecule has 0 amide bonds. The fourth-order valence-electron chi connectivity index (χ4n) is 1.95. The summed E-state index contributed by atoms with van der Waals surface area (Å²) in [5.41, 5.74) is 2.66. The molecular weight excluding hydrogens is 172 g/mol. The second-order valence-electron chi connectivity index (χ2n) is 3.86. The molecule has 1 unspecified atom stereocenters. The van der Waals surface area contributed by atoms with E-state index in [1.165, 1.54) is 11.3 Å². The van der Waals surface area contributed by atoms with Crippen LogP contribution in [0.2, 0.25) is 0 Å². The Labute approximate surface area is 85.2 Å². The molecule has 0 fully saturated rings. The molecule has 2 rings (SSSR count). The van der Waals surface area contributed by atoms with E-state index in [1.807, 2.05) is 12.3 Å². The van der Waals surface area contributed by atoms with Crippen molar-refractivity contribution >= 4 is 12.1 Å². The summed E-state index contributed by atoms with van der Waals surface area (Å²) < 4.78 is 0. The Hall–Kier alpha value is -1.18. The van der Waals surface area contributed by atoms with Crippen LogP contribution in [0.3, 0.4) is 0 Å². The molecule has 0 spiro atoms. The van der Waals surface area contributed by atoms with Crippen molar-refractivity contribution in [1.29, 1.82) is 0 Å². The van der Waals surface area contributed by atoms with Gasteiger partial charge in [0.25, 0.3) is 0 Å². The SMILES string of the molecule is CCC1=C(C)CCC2C=CC=NC2=N1. The molecule has 0 aromatic rings. The highest BCUT2D eigenvalue weighted by Crippen LogP contribution is 2.26. The van der Waals surface area contributed by atoms with Gasteiger partial charge in [0.15, 0.2) is 0 Å². The minimum Gasteiger partial charge on any atom is -0.241 e. The molecule has 74 valence electrons. The molecule has 14 heavy (non-hydrogen) atoms. The average Bonchev–Trinajstić information content (AvgIpc) is 2.38. The van der Waals surface area contributed by atoms with Crippen LogP contribution < -0.4 is 0 Å². The number of fused-ring (bicyclic) bond motifs is 1. The van der Waals surface area contributed by atoms with Crippen molar-refractivity contribution in [2.75, 3.05) is 0 Å². The third-order valence-electron chi connectivity index (χ3n) is 2.88. The lowest BCUT2D eigenvalue weighted by Gasteiger charge is -2.11. The highest BCUT2D eigenvalue weighted by atomic mass is 14.9. The Morgan fingerprint density at radius 2 is 2.36 bits per heavy atom. The molecule has 0 saturated carbocycles. The molecule has 2 aliphatic heterocycles. The molecule has 2 heterocycles. The van der Waals surface area contributed by atoms with Gasteiger partial charge in [-0.1, -0.05) is 18.6 Å². The Balaban J connectivity index is 2.34. The molecule has 0 aliphatic carbocycles. The summed E-state index contributed by atoms with van der Waals surface area (Å²) in [6.45, 7) is 4.35. The lowest BCUT2D eigenvalue weighted by Crippen LogP contribution is -2.12. The van der Waals surface area contributed by atoms with Gasteiger partial charge < -0.3 is 0 Å². The van der Waals surface area contributed by atoms with Crippen LogP contribution in [-0.4, -0.2) is 12.1 Å². The van der Waals surface area contributed by atoms with E-state index in [1.54, 1.807) is 0 Å². The van der Waals surface area contributed by atoms with E-state index in [4.69, 9.17) is 0 Å².